The minimum Gasteiger partial charge on any atom is -0.422 e. The second-order valence-electron chi connectivity index (χ2n) is 5.38. The summed E-state index contributed by atoms with van der Waals surface area (Å²) in [4.78, 5) is 23.6. The molecular formula is C18H10O5S2. The van der Waals surface area contributed by atoms with Crippen LogP contribution < -0.4 is 10.4 Å². The summed E-state index contributed by atoms with van der Waals surface area (Å²) < 4.78 is 31.0. The quantitative estimate of drug-likeness (QED) is 0.506. The highest BCUT2D eigenvalue weighted by molar-refractivity contribution is 7.91. The van der Waals surface area contributed by atoms with E-state index < -0.39 is 30.0 Å². The Kier molecular flexibility index (Phi) is 3.55. The summed E-state index contributed by atoms with van der Waals surface area (Å²) in [5, 5.41) is 1.09. The van der Waals surface area contributed by atoms with E-state index in [1.54, 1.807) is 48.5 Å². The van der Waals surface area contributed by atoms with Gasteiger partial charge in [0.25, 0.3) is 4.74 Å². The van der Waals surface area contributed by atoms with Gasteiger partial charge in [0.2, 0.25) is 9.84 Å². The molecule has 2 heterocycles. The Morgan fingerprint density at radius 3 is 2.24 bits per heavy atom. The van der Waals surface area contributed by atoms with Crippen LogP contribution in [0.15, 0.2) is 84.5 Å². The van der Waals surface area contributed by atoms with E-state index in [9.17, 15) is 18.0 Å². The smallest absolute Gasteiger partial charge is 0.355 e. The third kappa shape index (κ3) is 2.57. The fraction of sp³-hybridized carbons (Fsp3) is 0. The number of hydrogen-bond acceptors (Lipinski definition) is 6. The number of fused-ring (bicyclic) bond motifs is 2. The molecule has 0 fully saturated rings. The third-order valence-corrected chi connectivity index (χ3v) is 6.67. The zero-order chi connectivity index (χ0) is 17.6. The first-order valence-corrected chi connectivity index (χ1v) is 9.58. The zero-order valence-electron chi connectivity index (χ0n) is 12.6. The molecule has 25 heavy (non-hydrogen) atoms. The van der Waals surface area contributed by atoms with Gasteiger partial charge in [0.05, 0.1) is 0 Å². The molecule has 0 spiro atoms. The second kappa shape index (κ2) is 5.65. The topological polar surface area (TPSA) is 81.4 Å². The van der Waals surface area contributed by atoms with Crippen LogP contribution in [0, 0.1) is 0 Å². The first-order valence-electron chi connectivity index (χ1n) is 7.28. The van der Waals surface area contributed by atoms with Crippen LogP contribution in [0.2, 0.25) is 0 Å². The normalized spacial score (nSPS) is 11.8. The van der Waals surface area contributed by atoms with Gasteiger partial charge in [-0.25, -0.2) is 13.2 Å². The predicted octanol–water partition coefficient (Wildman–Crippen LogP) is 3.20. The molecule has 4 rings (SSSR count). The van der Waals surface area contributed by atoms with Crippen molar-refractivity contribution in [3.8, 4) is 0 Å². The lowest BCUT2D eigenvalue weighted by atomic mass is 10.2. The van der Waals surface area contributed by atoms with Gasteiger partial charge in [-0.3, -0.25) is 4.79 Å². The van der Waals surface area contributed by atoms with Gasteiger partial charge in [-0.2, -0.15) is 0 Å². The molecule has 0 amide bonds. The van der Waals surface area contributed by atoms with Gasteiger partial charge in [0, 0.05) is 10.1 Å². The maximum absolute atomic E-state index is 12.9. The van der Waals surface area contributed by atoms with Gasteiger partial charge in [-0.05, 0) is 29.7 Å². The predicted molar refractivity (Wildman–Crippen MR) is 96.0 cm³/mol. The van der Waals surface area contributed by atoms with Crippen molar-refractivity contribution in [2.24, 2.45) is 0 Å². The third-order valence-electron chi connectivity index (χ3n) is 3.80. The molecule has 0 saturated heterocycles. The van der Waals surface area contributed by atoms with E-state index in [2.05, 4.69) is 0 Å². The summed E-state index contributed by atoms with van der Waals surface area (Å²) in [7, 11) is -4.29. The van der Waals surface area contributed by atoms with Crippen molar-refractivity contribution < 1.29 is 12.8 Å². The lowest BCUT2D eigenvalue weighted by molar-refractivity contribution is 0.532. The first-order chi connectivity index (χ1) is 12.0. The van der Waals surface area contributed by atoms with Gasteiger partial charge >= 0.3 is 5.63 Å². The minimum absolute atomic E-state index is 0.287. The largest absolute Gasteiger partial charge is 0.422 e. The summed E-state index contributed by atoms with van der Waals surface area (Å²) in [6.45, 7) is 0. The van der Waals surface area contributed by atoms with Crippen molar-refractivity contribution >= 4 is 42.2 Å². The molecule has 0 aliphatic rings. The fourth-order valence-corrected chi connectivity index (χ4v) is 5.07. The van der Waals surface area contributed by atoms with E-state index in [0.717, 1.165) is 11.3 Å². The van der Waals surface area contributed by atoms with Gasteiger partial charge in [-0.15, -0.1) is 0 Å². The summed E-state index contributed by atoms with van der Waals surface area (Å²) in [6, 6.07) is 16.1. The van der Waals surface area contributed by atoms with Crippen molar-refractivity contribution in [2.75, 3.05) is 0 Å². The SMILES string of the molecule is O=c1oc2ccccc2cc1S(=O)(=O)c1cc2ccccc2sc1=O. The lowest BCUT2D eigenvalue weighted by Crippen LogP contribution is -2.19. The molecule has 0 aliphatic heterocycles. The van der Waals surface area contributed by atoms with Crippen LogP contribution in [0.5, 0.6) is 0 Å². The highest BCUT2D eigenvalue weighted by atomic mass is 32.2. The van der Waals surface area contributed by atoms with Crippen molar-refractivity contribution in [3.63, 3.8) is 0 Å². The lowest BCUT2D eigenvalue weighted by Gasteiger charge is -2.05. The zero-order valence-corrected chi connectivity index (χ0v) is 14.3. The van der Waals surface area contributed by atoms with Gasteiger partial charge in [-0.1, -0.05) is 47.7 Å². The van der Waals surface area contributed by atoms with Crippen molar-refractivity contribution in [2.45, 2.75) is 9.79 Å². The number of rotatable bonds is 2. The second-order valence-corrected chi connectivity index (χ2v) is 8.28. The molecule has 2 aromatic carbocycles. The summed E-state index contributed by atoms with van der Waals surface area (Å²) in [5.41, 5.74) is -0.702. The Labute approximate surface area is 145 Å². The average molecular weight is 370 g/mol. The standard InChI is InChI=1S/C18H10O5S2/c19-17-15(9-11-5-1-3-7-13(11)23-17)25(21,22)16-10-12-6-2-4-8-14(12)24-18(16)20/h1-10H. The molecule has 0 bridgehead atoms. The van der Waals surface area contributed by atoms with Crippen molar-refractivity contribution in [1.82, 2.24) is 0 Å². The van der Waals surface area contributed by atoms with Crippen LogP contribution >= 0.6 is 11.3 Å². The van der Waals surface area contributed by atoms with E-state index in [1.165, 1.54) is 12.1 Å². The van der Waals surface area contributed by atoms with E-state index in [-0.39, 0.29) is 5.58 Å². The Bertz CT molecular complexity index is 1250. The Balaban J connectivity index is 2.02. The molecular weight excluding hydrogens is 360 g/mol. The van der Waals surface area contributed by atoms with Crippen LogP contribution in [0.3, 0.4) is 0 Å². The summed E-state index contributed by atoms with van der Waals surface area (Å²) >= 11 is 0.832. The minimum atomic E-state index is -4.29. The first kappa shape index (κ1) is 15.7. The highest BCUT2D eigenvalue weighted by Crippen LogP contribution is 2.24. The molecule has 0 unspecified atom stereocenters. The number of benzene rings is 2. The Hall–Kier alpha value is -2.77. The molecule has 4 aromatic rings. The van der Waals surface area contributed by atoms with Gasteiger partial charge < -0.3 is 4.42 Å². The Morgan fingerprint density at radius 2 is 1.44 bits per heavy atom. The Morgan fingerprint density at radius 1 is 0.800 bits per heavy atom. The van der Waals surface area contributed by atoms with Crippen LogP contribution in [0.4, 0.5) is 0 Å². The maximum atomic E-state index is 12.9. The van der Waals surface area contributed by atoms with E-state index in [0.29, 0.717) is 15.5 Å². The molecule has 124 valence electrons. The van der Waals surface area contributed by atoms with Crippen LogP contribution in [0.1, 0.15) is 0 Å². The van der Waals surface area contributed by atoms with Crippen molar-refractivity contribution in [3.05, 3.63) is 80.6 Å². The number of para-hydroxylation sites is 1. The summed E-state index contributed by atoms with van der Waals surface area (Å²) in [5.74, 6) is 0. The van der Waals surface area contributed by atoms with E-state index >= 15 is 0 Å². The van der Waals surface area contributed by atoms with Gasteiger partial charge in [0.15, 0.2) is 4.90 Å². The highest BCUT2D eigenvalue weighted by Gasteiger charge is 2.26. The average Bonchev–Trinajstić information content (AvgIpc) is 2.60. The van der Waals surface area contributed by atoms with Crippen LogP contribution in [-0.2, 0) is 9.84 Å². The molecule has 7 heteroatoms. The van der Waals surface area contributed by atoms with E-state index in [4.69, 9.17) is 4.42 Å². The van der Waals surface area contributed by atoms with Crippen LogP contribution in [-0.4, -0.2) is 8.42 Å². The van der Waals surface area contributed by atoms with Gasteiger partial charge in [0.1, 0.15) is 10.5 Å². The number of sulfone groups is 1. The van der Waals surface area contributed by atoms with E-state index in [1.807, 2.05) is 0 Å². The maximum Gasteiger partial charge on any atom is 0.355 e. The number of hydrogen-bond donors (Lipinski definition) is 0. The molecule has 2 aromatic heterocycles. The molecule has 5 nitrogen and oxygen atoms in total. The summed E-state index contributed by atoms with van der Waals surface area (Å²) in [6.07, 6.45) is 0. The molecule has 0 atom stereocenters. The van der Waals surface area contributed by atoms with Crippen molar-refractivity contribution in [1.29, 1.82) is 0 Å². The monoisotopic (exact) mass is 370 g/mol. The molecule has 0 N–H and O–H groups in total. The molecule has 0 saturated carbocycles. The fourth-order valence-electron chi connectivity index (χ4n) is 2.58. The molecule has 0 radical (unpaired) electrons. The van der Waals surface area contributed by atoms with Crippen LogP contribution in [0.25, 0.3) is 21.1 Å². The molecule has 0 aliphatic carbocycles.